The average Bonchev–Trinajstić information content (AvgIpc) is 2.68. The van der Waals surface area contributed by atoms with E-state index >= 15 is 0 Å². The third-order valence-electron chi connectivity index (χ3n) is 5.17. The molecule has 1 aromatic heterocycles. The second-order valence-corrected chi connectivity index (χ2v) is 7.03. The molecule has 0 unspecified atom stereocenters. The highest BCUT2D eigenvalue weighted by atomic mass is 16.6. The molecule has 0 atom stereocenters. The number of nitro groups is 1. The number of aryl methyl sites for hydroxylation is 1. The number of hydrogen-bond acceptors (Lipinski definition) is 5. The fourth-order valence-electron chi connectivity index (χ4n) is 3.81. The minimum atomic E-state index is -0.340. The van der Waals surface area contributed by atoms with Crippen LogP contribution >= 0.6 is 0 Å². The Kier molecular flexibility index (Phi) is 4.73. The summed E-state index contributed by atoms with van der Waals surface area (Å²) in [6, 6.07) is 14.0. The molecule has 2 aromatic carbocycles. The summed E-state index contributed by atoms with van der Waals surface area (Å²) in [6.45, 7) is 6.83. The molecule has 0 amide bonds. The highest BCUT2D eigenvalue weighted by Crippen LogP contribution is 2.33. The van der Waals surface area contributed by atoms with Gasteiger partial charge < -0.3 is 4.90 Å². The van der Waals surface area contributed by atoms with Gasteiger partial charge in [-0.25, -0.2) is 0 Å². The van der Waals surface area contributed by atoms with Gasteiger partial charge in [0.25, 0.3) is 5.69 Å². The summed E-state index contributed by atoms with van der Waals surface area (Å²) in [4.78, 5) is 19.8. The van der Waals surface area contributed by atoms with Gasteiger partial charge in [-0.05, 0) is 24.6 Å². The zero-order valence-corrected chi connectivity index (χ0v) is 15.3. The maximum absolute atomic E-state index is 11.3. The lowest BCUT2D eigenvalue weighted by Gasteiger charge is -2.36. The van der Waals surface area contributed by atoms with Crippen molar-refractivity contribution in [2.24, 2.45) is 0 Å². The van der Waals surface area contributed by atoms with Crippen LogP contribution in [-0.2, 0) is 6.54 Å². The van der Waals surface area contributed by atoms with Gasteiger partial charge in [0.05, 0.1) is 10.3 Å². The Bertz CT molecular complexity index is 981. The number of rotatable bonds is 4. The van der Waals surface area contributed by atoms with Crippen LogP contribution in [-0.4, -0.2) is 41.0 Å². The van der Waals surface area contributed by atoms with Crippen LogP contribution in [0.15, 0.2) is 54.9 Å². The highest BCUT2D eigenvalue weighted by molar-refractivity contribution is 5.99. The van der Waals surface area contributed by atoms with Crippen molar-refractivity contribution in [3.8, 4) is 0 Å². The molecule has 6 nitrogen and oxygen atoms in total. The van der Waals surface area contributed by atoms with Gasteiger partial charge in [-0.2, -0.15) is 0 Å². The van der Waals surface area contributed by atoms with Gasteiger partial charge >= 0.3 is 0 Å². The molecule has 27 heavy (non-hydrogen) atoms. The molecule has 1 aliphatic heterocycles. The summed E-state index contributed by atoms with van der Waals surface area (Å²) < 4.78 is 0. The fraction of sp³-hybridized carbons (Fsp3) is 0.286. The van der Waals surface area contributed by atoms with Crippen LogP contribution in [0.5, 0.6) is 0 Å². The predicted octanol–water partition coefficient (Wildman–Crippen LogP) is 3.77. The number of nitrogens with zero attached hydrogens (tertiary/aromatic N) is 4. The number of aromatic nitrogens is 1. The molecular formula is C21H22N4O2. The molecule has 1 aliphatic rings. The Morgan fingerprint density at radius 3 is 2.63 bits per heavy atom. The second-order valence-electron chi connectivity index (χ2n) is 7.03. The summed E-state index contributed by atoms with van der Waals surface area (Å²) in [6.07, 6.45) is 3.29. The zero-order valence-electron chi connectivity index (χ0n) is 15.3. The van der Waals surface area contributed by atoms with E-state index < -0.39 is 0 Å². The van der Waals surface area contributed by atoms with Crippen molar-refractivity contribution in [3.05, 3.63) is 76.1 Å². The third kappa shape index (κ3) is 3.61. The first-order valence-electron chi connectivity index (χ1n) is 9.16. The maximum Gasteiger partial charge on any atom is 0.278 e. The number of anilines is 1. The lowest BCUT2D eigenvalue weighted by atomic mass is 10.1. The molecule has 3 aromatic rings. The van der Waals surface area contributed by atoms with E-state index in [1.54, 1.807) is 18.5 Å². The van der Waals surface area contributed by atoms with Crippen LogP contribution in [0.4, 0.5) is 11.4 Å². The Labute approximate surface area is 158 Å². The number of pyridine rings is 1. The van der Waals surface area contributed by atoms with Crippen molar-refractivity contribution in [3.63, 3.8) is 0 Å². The molecule has 0 bridgehead atoms. The number of piperazine rings is 1. The van der Waals surface area contributed by atoms with Crippen molar-refractivity contribution in [1.82, 2.24) is 9.88 Å². The van der Waals surface area contributed by atoms with E-state index in [2.05, 4.69) is 46.0 Å². The molecule has 0 spiro atoms. The highest BCUT2D eigenvalue weighted by Gasteiger charge is 2.21. The quantitative estimate of drug-likeness (QED) is 0.522. The lowest BCUT2D eigenvalue weighted by Crippen LogP contribution is -2.46. The molecule has 138 valence electrons. The van der Waals surface area contributed by atoms with E-state index in [9.17, 15) is 10.1 Å². The topological polar surface area (TPSA) is 62.5 Å². The Morgan fingerprint density at radius 2 is 1.89 bits per heavy atom. The van der Waals surface area contributed by atoms with E-state index in [0.29, 0.717) is 5.39 Å². The van der Waals surface area contributed by atoms with E-state index in [0.717, 1.165) is 43.8 Å². The fourth-order valence-corrected chi connectivity index (χ4v) is 3.81. The summed E-state index contributed by atoms with van der Waals surface area (Å²) in [5.74, 6) is 0. The molecule has 0 aliphatic carbocycles. The lowest BCUT2D eigenvalue weighted by molar-refractivity contribution is -0.383. The molecule has 1 saturated heterocycles. The monoisotopic (exact) mass is 362 g/mol. The second kappa shape index (κ2) is 7.32. The molecule has 4 rings (SSSR count). The smallest absolute Gasteiger partial charge is 0.278 e. The summed E-state index contributed by atoms with van der Waals surface area (Å²) >= 11 is 0. The first kappa shape index (κ1) is 17.4. The van der Waals surface area contributed by atoms with Gasteiger partial charge in [-0.15, -0.1) is 0 Å². The zero-order chi connectivity index (χ0) is 18.8. The minimum absolute atomic E-state index is 0.111. The molecule has 0 saturated carbocycles. The van der Waals surface area contributed by atoms with Gasteiger partial charge in [-0.1, -0.05) is 29.8 Å². The number of non-ortho nitro benzene ring substituents is 1. The van der Waals surface area contributed by atoms with Crippen molar-refractivity contribution >= 4 is 22.1 Å². The first-order chi connectivity index (χ1) is 13.1. The molecule has 6 heteroatoms. The normalized spacial score (nSPS) is 15.2. The summed E-state index contributed by atoms with van der Waals surface area (Å²) in [5, 5.41) is 12.8. The van der Waals surface area contributed by atoms with Crippen LogP contribution in [0.25, 0.3) is 10.8 Å². The average molecular weight is 362 g/mol. The summed E-state index contributed by atoms with van der Waals surface area (Å²) in [5.41, 5.74) is 3.79. The van der Waals surface area contributed by atoms with Crippen molar-refractivity contribution in [1.29, 1.82) is 0 Å². The number of fused-ring (bicyclic) bond motifs is 1. The molecule has 2 heterocycles. The van der Waals surface area contributed by atoms with Gasteiger partial charge in [0.1, 0.15) is 0 Å². The molecule has 0 radical (unpaired) electrons. The number of hydrogen-bond donors (Lipinski definition) is 0. The first-order valence-corrected chi connectivity index (χ1v) is 9.16. The predicted molar refractivity (Wildman–Crippen MR) is 107 cm³/mol. The SMILES string of the molecule is Cc1cccc(CN2CCN(c3ccc([N+](=O)[O-])c4cnccc34)CC2)c1. The van der Waals surface area contributed by atoms with Crippen LogP contribution in [0.3, 0.4) is 0 Å². The Hall–Kier alpha value is -2.99. The van der Waals surface area contributed by atoms with Crippen LogP contribution < -0.4 is 4.90 Å². The van der Waals surface area contributed by atoms with E-state index in [-0.39, 0.29) is 10.6 Å². The van der Waals surface area contributed by atoms with E-state index in [1.807, 2.05) is 12.1 Å². The van der Waals surface area contributed by atoms with Crippen molar-refractivity contribution in [2.45, 2.75) is 13.5 Å². The molecule has 1 fully saturated rings. The summed E-state index contributed by atoms with van der Waals surface area (Å²) in [7, 11) is 0. The van der Waals surface area contributed by atoms with Crippen molar-refractivity contribution < 1.29 is 4.92 Å². The van der Waals surface area contributed by atoms with Gasteiger partial charge in [0.2, 0.25) is 0 Å². The third-order valence-corrected chi connectivity index (χ3v) is 5.17. The Balaban J connectivity index is 1.51. The van der Waals surface area contributed by atoms with Crippen LogP contribution in [0.2, 0.25) is 0 Å². The van der Waals surface area contributed by atoms with Gasteiger partial charge in [-0.3, -0.25) is 20.0 Å². The van der Waals surface area contributed by atoms with E-state index in [1.165, 1.54) is 11.1 Å². The minimum Gasteiger partial charge on any atom is -0.368 e. The Morgan fingerprint density at radius 1 is 1.07 bits per heavy atom. The molecule has 0 N–H and O–H groups in total. The maximum atomic E-state index is 11.3. The van der Waals surface area contributed by atoms with Gasteiger partial charge in [0.15, 0.2) is 0 Å². The van der Waals surface area contributed by atoms with Crippen LogP contribution in [0.1, 0.15) is 11.1 Å². The van der Waals surface area contributed by atoms with Gasteiger partial charge in [0, 0.05) is 62.3 Å². The van der Waals surface area contributed by atoms with Crippen LogP contribution in [0, 0.1) is 17.0 Å². The van der Waals surface area contributed by atoms with Crippen molar-refractivity contribution in [2.75, 3.05) is 31.1 Å². The number of nitro benzene ring substituents is 1. The largest absolute Gasteiger partial charge is 0.368 e. The number of benzene rings is 2. The van der Waals surface area contributed by atoms with E-state index in [4.69, 9.17) is 0 Å². The molecular weight excluding hydrogens is 340 g/mol. The standard InChI is InChI=1S/C21H22N4O2/c1-16-3-2-4-17(13-16)15-23-9-11-24(12-10-23)20-5-6-21(25(26)27)19-14-22-8-7-18(19)20/h2-8,13-14H,9-12,15H2,1H3.